The maximum absolute atomic E-state index is 13.5. The Kier molecular flexibility index (Phi) is 7.12. The van der Waals surface area contributed by atoms with Crippen LogP contribution in [0.5, 0.6) is 5.75 Å². The molecule has 0 radical (unpaired) electrons. The zero-order valence-electron chi connectivity index (χ0n) is 21.3. The molecule has 4 aliphatic rings. The van der Waals surface area contributed by atoms with Crippen molar-refractivity contribution < 1.29 is 44.6 Å². The van der Waals surface area contributed by atoms with E-state index < -0.39 is 54.4 Å². The Labute approximate surface area is 224 Å². The van der Waals surface area contributed by atoms with Crippen LogP contribution in [0, 0.1) is 11.8 Å². The summed E-state index contributed by atoms with van der Waals surface area (Å²) < 4.78 is 11.5. The lowest BCUT2D eigenvalue weighted by Gasteiger charge is -2.48. The molecule has 11 nitrogen and oxygen atoms in total. The van der Waals surface area contributed by atoms with Gasteiger partial charge in [-0.25, -0.2) is 0 Å². The Morgan fingerprint density at radius 3 is 2.67 bits per heavy atom. The van der Waals surface area contributed by atoms with Crippen LogP contribution in [0.3, 0.4) is 0 Å². The van der Waals surface area contributed by atoms with Crippen molar-refractivity contribution in [2.75, 3.05) is 13.2 Å². The number of nitrogens with two attached hydrogens (primary N) is 1. The van der Waals surface area contributed by atoms with Gasteiger partial charge in [-0.1, -0.05) is 29.9 Å². The molecule has 0 amide bonds. The molecule has 7 atom stereocenters. The topological polar surface area (TPSA) is 192 Å². The zero-order valence-corrected chi connectivity index (χ0v) is 21.3. The number of fused-ring (bicyclic) bond motifs is 2. The summed E-state index contributed by atoms with van der Waals surface area (Å²) in [5.41, 5.74) is 5.11. The summed E-state index contributed by atoms with van der Waals surface area (Å²) in [5.74, 6) is -2.75. The average molecular weight is 541 g/mol. The van der Waals surface area contributed by atoms with E-state index in [2.05, 4.69) is 5.32 Å². The molecular weight excluding hydrogens is 508 g/mol. The van der Waals surface area contributed by atoms with Gasteiger partial charge in [-0.3, -0.25) is 9.59 Å². The van der Waals surface area contributed by atoms with Crippen molar-refractivity contribution in [1.82, 2.24) is 5.32 Å². The predicted octanol–water partition coefficient (Wildman–Crippen LogP) is 0.359. The molecule has 2 aliphatic carbocycles. The van der Waals surface area contributed by atoms with Gasteiger partial charge in [-0.15, -0.1) is 0 Å². The highest BCUT2D eigenvalue weighted by Crippen LogP contribution is 2.43. The number of allylic oxidation sites excluding steroid dienone is 6. The molecular formula is C28H32N2O9. The second-order valence-electron chi connectivity index (χ2n) is 10.4. The number of carbonyl (C=O) groups is 2. The van der Waals surface area contributed by atoms with Gasteiger partial charge in [0.2, 0.25) is 6.29 Å². The van der Waals surface area contributed by atoms with Crippen LogP contribution in [-0.4, -0.2) is 80.5 Å². The Morgan fingerprint density at radius 2 is 1.95 bits per heavy atom. The molecule has 1 aromatic rings. The van der Waals surface area contributed by atoms with Gasteiger partial charge >= 0.3 is 0 Å². The number of aliphatic hydroxyl groups is 5. The monoisotopic (exact) mass is 540 g/mol. The van der Waals surface area contributed by atoms with Crippen LogP contribution in [0.25, 0.3) is 0 Å². The summed E-state index contributed by atoms with van der Waals surface area (Å²) in [6.07, 6.45) is 0.351. The summed E-state index contributed by atoms with van der Waals surface area (Å²) in [5, 5.41) is 56.8. The molecule has 0 spiro atoms. The number of dihydropyridines is 1. The average Bonchev–Trinajstić information content (AvgIpc) is 2.90. The van der Waals surface area contributed by atoms with Crippen LogP contribution in [-0.2, 0) is 4.74 Å². The molecule has 1 saturated heterocycles. The summed E-state index contributed by atoms with van der Waals surface area (Å²) in [4.78, 5) is 26.8. The van der Waals surface area contributed by atoms with E-state index >= 15 is 0 Å². The van der Waals surface area contributed by atoms with E-state index in [1.165, 1.54) is 24.3 Å². The molecule has 11 heteroatoms. The first-order chi connectivity index (χ1) is 18.5. The number of ketones is 2. The van der Waals surface area contributed by atoms with Crippen LogP contribution >= 0.6 is 0 Å². The van der Waals surface area contributed by atoms with Crippen molar-refractivity contribution in [3.63, 3.8) is 0 Å². The third-order valence-electron chi connectivity index (χ3n) is 7.81. The lowest BCUT2D eigenvalue weighted by molar-refractivity contribution is -0.315. The Morgan fingerprint density at radius 1 is 1.18 bits per heavy atom. The molecule has 39 heavy (non-hydrogen) atoms. The largest absolute Gasteiger partial charge is 0.511 e. The van der Waals surface area contributed by atoms with E-state index in [4.69, 9.17) is 15.2 Å². The number of benzene rings is 1. The van der Waals surface area contributed by atoms with Gasteiger partial charge in [-0.2, -0.15) is 0 Å². The van der Waals surface area contributed by atoms with Crippen LogP contribution < -0.4 is 15.8 Å². The highest BCUT2D eigenvalue weighted by molar-refractivity contribution is 6.19. The van der Waals surface area contributed by atoms with Gasteiger partial charge in [0.25, 0.3) is 0 Å². The van der Waals surface area contributed by atoms with Crippen molar-refractivity contribution in [3.8, 4) is 5.75 Å². The minimum Gasteiger partial charge on any atom is -0.511 e. The van der Waals surface area contributed by atoms with Crippen molar-refractivity contribution in [1.29, 1.82) is 0 Å². The van der Waals surface area contributed by atoms with E-state index in [0.717, 1.165) is 5.57 Å². The molecule has 1 fully saturated rings. The van der Waals surface area contributed by atoms with E-state index in [1.807, 2.05) is 6.08 Å². The number of hydrogen-bond acceptors (Lipinski definition) is 11. The lowest BCUT2D eigenvalue weighted by atomic mass is 9.70. The molecule has 0 aromatic heterocycles. The van der Waals surface area contributed by atoms with Crippen molar-refractivity contribution in [2.45, 2.75) is 50.0 Å². The molecule has 0 bridgehead atoms. The fraction of sp³-hybridized carbons (Fsp3) is 0.429. The van der Waals surface area contributed by atoms with Crippen molar-refractivity contribution in [2.24, 2.45) is 17.6 Å². The smallest absolute Gasteiger partial charge is 0.229 e. The summed E-state index contributed by atoms with van der Waals surface area (Å²) in [7, 11) is 0. The summed E-state index contributed by atoms with van der Waals surface area (Å²) >= 11 is 0. The van der Waals surface area contributed by atoms with Gasteiger partial charge in [0.1, 0.15) is 35.4 Å². The maximum atomic E-state index is 13.5. The minimum atomic E-state index is -2.16. The highest BCUT2D eigenvalue weighted by atomic mass is 16.7. The fourth-order valence-electron chi connectivity index (χ4n) is 5.72. The zero-order chi connectivity index (χ0) is 28.1. The first kappa shape index (κ1) is 27.1. The number of rotatable bonds is 6. The van der Waals surface area contributed by atoms with E-state index in [-0.39, 0.29) is 41.3 Å². The van der Waals surface area contributed by atoms with Crippen molar-refractivity contribution >= 4 is 11.6 Å². The summed E-state index contributed by atoms with van der Waals surface area (Å²) in [6, 6.07) is 4.41. The van der Waals surface area contributed by atoms with Crippen LogP contribution in [0.15, 0.2) is 65.2 Å². The van der Waals surface area contributed by atoms with Crippen LogP contribution in [0.2, 0.25) is 0 Å². The quantitative estimate of drug-likeness (QED) is 0.263. The standard InChI is InChI=1S/C28H32N2O9/c1-13-9-16-21(17(32)10-13)24(34)22-15(23(16)33)3-2-4-18(22)38-27-26(36)28(37,25(35)19(12-31)39-27)7-5-14-6-8-30-20(29)11-14/h2-4,6,9-11,16,19,21,25-27,30-32,35-37H,5,7-8,12,29H2,1H3/t16-,19+,21-,25+,26-,27+,28-/m0/s1. The molecule has 208 valence electrons. The molecule has 1 aromatic carbocycles. The summed E-state index contributed by atoms with van der Waals surface area (Å²) in [6.45, 7) is 1.53. The van der Waals surface area contributed by atoms with Crippen molar-refractivity contribution in [3.05, 3.63) is 76.4 Å². The number of nitrogens with one attached hydrogen (secondary N) is 1. The molecule has 0 unspecified atom stereocenters. The number of ether oxygens (including phenoxy) is 2. The second kappa shape index (κ2) is 10.2. The van der Waals surface area contributed by atoms with E-state index in [0.29, 0.717) is 17.9 Å². The normalized spacial score (nSPS) is 34.1. The van der Waals surface area contributed by atoms with E-state index in [9.17, 15) is 35.1 Å². The van der Waals surface area contributed by atoms with Gasteiger partial charge < -0.3 is 46.1 Å². The van der Waals surface area contributed by atoms with Crippen LogP contribution in [0.1, 0.15) is 40.5 Å². The first-order valence-corrected chi connectivity index (χ1v) is 12.8. The van der Waals surface area contributed by atoms with Crippen LogP contribution in [0.4, 0.5) is 0 Å². The van der Waals surface area contributed by atoms with Gasteiger partial charge in [-0.05, 0) is 43.6 Å². The number of Topliss-reactive ketones (excluding diaryl/α,β-unsaturated/α-hetero) is 2. The molecule has 2 aliphatic heterocycles. The SMILES string of the molecule is CC1=C[C@@H]2C(=O)c3cccc(O[C@@H]4O[C@H](CO)[C@@H](O)[C@@](O)(CCC5=CCNC(N)=C5)[C@H]4O)c3C(=O)[C@@H]2C(O)=C1. The predicted molar refractivity (Wildman–Crippen MR) is 137 cm³/mol. The van der Waals surface area contributed by atoms with Gasteiger partial charge in [0.15, 0.2) is 11.6 Å². The minimum absolute atomic E-state index is 0.0804. The highest BCUT2D eigenvalue weighted by Gasteiger charge is 2.56. The van der Waals surface area contributed by atoms with E-state index in [1.54, 1.807) is 19.1 Å². The molecule has 8 N–H and O–H groups in total. The Balaban J connectivity index is 1.45. The molecule has 5 rings (SSSR count). The first-order valence-electron chi connectivity index (χ1n) is 12.8. The molecule has 2 heterocycles. The number of hydrogen-bond donors (Lipinski definition) is 7. The van der Waals surface area contributed by atoms with Gasteiger partial charge in [0.05, 0.1) is 29.8 Å². The third kappa shape index (κ3) is 4.66. The van der Waals surface area contributed by atoms with Gasteiger partial charge in [0, 0.05) is 12.1 Å². The second-order valence-corrected chi connectivity index (χ2v) is 10.4. The number of aliphatic hydroxyl groups excluding tert-OH is 4. The maximum Gasteiger partial charge on any atom is 0.229 e. The third-order valence-corrected chi connectivity index (χ3v) is 7.81. The number of carbonyl (C=O) groups excluding carboxylic acids is 2. The molecule has 0 saturated carbocycles. The Bertz CT molecular complexity index is 1320. The lowest BCUT2D eigenvalue weighted by Crippen LogP contribution is -2.68. The Hall–Kier alpha value is -3.48. The fourth-order valence-corrected chi connectivity index (χ4v) is 5.72.